The molecule has 0 amide bonds. The molecule has 0 radical (unpaired) electrons. The fourth-order valence-electron chi connectivity index (χ4n) is 3.41. The number of aliphatic hydroxyl groups is 1. The highest BCUT2D eigenvalue weighted by molar-refractivity contribution is 7.89. The zero-order chi connectivity index (χ0) is 22.2. The highest BCUT2D eigenvalue weighted by atomic mass is 32.2. The number of aryl methyl sites for hydroxylation is 2. The lowest BCUT2D eigenvalue weighted by Gasteiger charge is -2.22. The van der Waals surface area contributed by atoms with Crippen molar-refractivity contribution in [2.75, 3.05) is 6.54 Å². The minimum Gasteiger partial charge on any atom is -0.458 e. The summed E-state index contributed by atoms with van der Waals surface area (Å²) in [5.41, 5.74) is 3.42. The first-order chi connectivity index (χ1) is 14.8. The molecule has 31 heavy (non-hydrogen) atoms. The van der Waals surface area contributed by atoms with Gasteiger partial charge in [0, 0.05) is 29.3 Å². The van der Waals surface area contributed by atoms with Crippen LogP contribution in [0.5, 0.6) is 0 Å². The van der Waals surface area contributed by atoms with Gasteiger partial charge in [0.15, 0.2) is 0 Å². The van der Waals surface area contributed by atoms with Crippen LogP contribution in [0.3, 0.4) is 0 Å². The molecule has 1 saturated heterocycles. The first-order valence-corrected chi connectivity index (χ1v) is 12.9. The summed E-state index contributed by atoms with van der Waals surface area (Å²) in [5, 5.41) is 16.7. The maximum Gasteiger partial charge on any atom is 0.324 e. The summed E-state index contributed by atoms with van der Waals surface area (Å²) >= 11 is 3.03. The van der Waals surface area contributed by atoms with Gasteiger partial charge in [-0.15, -0.1) is 11.3 Å². The molecular formula is C21H22N2O5S3. The van der Waals surface area contributed by atoms with E-state index in [1.807, 2.05) is 36.1 Å². The quantitative estimate of drug-likeness (QED) is 0.546. The van der Waals surface area contributed by atoms with Gasteiger partial charge in [0.05, 0.1) is 16.7 Å². The number of thiazole rings is 1. The number of carbonyl (C=O) groups excluding carboxylic acids is 1. The summed E-state index contributed by atoms with van der Waals surface area (Å²) in [6, 6.07) is 5.73. The maximum absolute atomic E-state index is 13.2. The third kappa shape index (κ3) is 4.58. The van der Waals surface area contributed by atoms with Gasteiger partial charge in [-0.25, -0.2) is 13.4 Å². The smallest absolute Gasteiger partial charge is 0.324 e. The van der Waals surface area contributed by atoms with Crippen LogP contribution >= 0.6 is 22.7 Å². The second kappa shape index (κ2) is 8.79. The number of carbonyl (C=O) groups is 1. The van der Waals surface area contributed by atoms with Gasteiger partial charge in [-0.2, -0.15) is 15.6 Å². The van der Waals surface area contributed by atoms with Crippen LogP contribution in [0.2, 0.25) is 0 Å². The van der Waals surface area contributed by atoms with Gasteiger partial charge in [0.2, 0.25) is 10.0 Å². The molecule has 1 fully saturated rings. The van der Waals surface area contributed by atoms with Crippen molar-refractivity contribution < 1.29 is 23.1 Å². The van der Waals surface area contributed by atoms with E-state index in [0.29, 0.717) is 5.69 Å². The Bertz CT molecular complexity index is 1190. The normalized spacial score (nSPS) is 19.6. The Labute approximate surface area is 189 Å². The first kappa shape index (κ1) is 22.1. The van der Waals surface area contributed by atoms with E-state index >= 15 is 0 Å². The molecule has 0 aliphatic carbocycles. The fourth-order valence-corrected chi connectivity index (χ4v) is 6.64. The molecule has 1 aliphatic heterocycles. The van der Waals surface area contributed by atoms with E-state index < -0.39 is 28.1 Å². The number of benzene rings is 1. The molecule has 3 aromatic rings. The monoisotopic (exact) mass is 478 g/mol. The van der Waals surface area contributed by atoms with Crippen LogP contribution in [0.15, 0.2) is 45.3 Å². The van der Waals surface area contributed by atoms with Crippen LogP contribution in [0.4, 0.5) is 0 Å². The number of ether oxygens (including phenoxy) is 1. The molecule has 3 heterocycles. The number of nitrogens with zero attached hydrogens (tertiary/aromatic N) is 2. The van der Waals surface area contributed by atoms with Crippen molar-refractivity contribution in [3.8, 4) is 10.6 Å². The zero-order valence-electron chi connectivity index (χ0n) is 17.0. The fraction of sp³-hybridized carbons (Fsp3) is 0.333. The number of hydrogen-bond acceptors (Lipinski definition) is 8. The molecule has 0 spiro atoms. The Balaban J connectivity index is 1.48. The van der Waals surface area contributed by atoms with E-state index in [0.717, 1.165) is 26.0 Å². The number of β-amino-alcohol motifs (C(OH)–C–C–N with tert-alkyl or cyclic N) is 1. The van der Waals surface area contributed by atoms with Gasteiger partial charge in [0.1, 0.15) is 17.7 Å². The molecule has 1 aromatic carbocycles. The second-order valence-electron chi connectivity index (χ2n) is 7.49. The number of sulfonamides is 1. The standard InChI is InChI=1S/C21H22N2O5S3/c1-13-3-4-18(7-14(13)2)31(26,27)23-9-17(24)8-19(23)21(25)28-10-16-12-30-20(22-16)15-5-6-29-11-15/h3-7,11-12,17,19,24H,8-10H2,1-2H3/t17-,19-/m0/s1. The second-order valence-corrected chi connectivity index (χ2v) is 11.0. The predicted octanol–water partition coefficient (Wildman–Crippen LogP) is 3.36. The molecule has 2 atom stereocenters. The number of esters is 1. The first-order valence-electron chi connectivity index (χ1n) is 9.66. The van der Waals surface area contributed by atoms with Crippen LogP contribution in [0.25, 0.3) is 10.6 Å². The van der Waals surface area contributed by atoms with Gasteiger partial charge >= 0.3 is 5.97 Å². The van der Waals surface area contributed by atoms with E-state index in [4.69, 9.17) is 4.74 Å². The third-order valence-electron chi connectivity index (χ3n) is 5.27. The van der Waals surface area contributed by atoms with Gasteiger partial charge in [-0.3, -0.25) is 4.79 Å². The average molecular weight is 479 g/mol. The number of aliphatic hydroxyl groups excluding tert-OH is 1. The van der Waals surface area contributed by atoms with E-state index in [-0.39, 0.29) is 24.5 Å². The van der Waals surface area contributed by atoms with Crippen molar-refractivity contribution in [1.82, 2.24) is 9.29 Å². The molecule has 2 aromatic heterocycles. The van der Waals surface area contributed by atoms with Crippen LogP contribution < -0.4 is 0 Å². The molecular weight excluding hydrogens is 456 g/mol. The van der Waals surface area contributed by atoms with Crippen LogP contribution in [0.1, 0.15) is 23.2 Å². The van der Waals surface area contributed by atoms with Gasteiger partial charge in [-0.1, -0.05) is 6.07 Å². The maximum atomic E-state index is 13.2. The van der Waals surface area contributed by atoms with Crippen molar-refractivity contribution in [3.05, 3.63) is 57.2 Å². The summed E-state index contributed by atoms with van der Waals surface area (Å²) in [5.74, 6) is -0.686. The molecule has 0 saturated carbocycles. The summed E-state index contributed by atoms with van der Waals surface area (Å²) < 4.78 is 32.8. The highest BCUT2D eigenvalue weighted by Crippen LogP contribution is 2.29. The van der Waals surface area contributed by atoms with E-state index in [1.54, 1.807) is 23.5 Å². The number of rotatable bonds is 6. The van der Waals surface area contributed by atoms with E-state index in [9.17, 15) is 18.3 Å². The van der Waals surface area contributed by atoms with Crippen LogP contribution in [-0.2, 0) is 26.2 Å². The predicted molar refractivity (Wildman–Crippen MR) is 119 cm³/mol. The lowest BCUT2D eigenvalue weighted by molar-refractivity contribution is -0.149. The lowest BCUT2D eigenvalue weighted by Crippen LogP contribution is -2.41. The Morgan fingerprint density at radius 1 is 1.26 bits per heavy atom. The van der Waals surface area contributed by atoms with Crippen molar-refractivity contribution in [1.29, 1.82) is 0 Å². The van der Waals surface area contributed by atoms with Gasteiger partial charge < -0.3 is 9.84 Å². The summed E-state index contributed by atoms with van der Waals surface area (Å²) in [6.45, 7) is 3.53. The summed E-state index contributed by atoms with van der Waals surface area (Å²) in [7, 11) is -3.95. The molecule has 4 rings (SSSR count). The lowest BCUT2D eigenvalue weighted by atomic mass is 10.1. The van der Waals surface area contributed by atoms with E-state index in [1.165, 1.54) is 17.4 Å². The van der Waals surface area contributed by atoms with Crippen molar-refractivity contribution in [3.63, 3.8) is 0 Å². The summed E-state index contributed by atoms with van der Waals surface area (Å²) in [6.07, 6.45) is -0.927. The minimum atomic E-state index is -3.95. The average Bonchev–Trinajstić information content (AvgIpc) is 3.48. The minimum absolute atomic E-state index is 0.000125. The molecule has 0 unspecified atom stereocenters. The Morgan fingerprint density at radius 2 is 2.06 bits per heavy atom. The Hall–Kier alpha value is -2.11. The van der Waals surface area contributed by atoms with Crippen LogP contribution in [0, 0.1) is 13.8 Å². The van der Waals surface area contributed by atoms with Crippen molar-refractivity contribution in [2.45, 2.75) is 43.9 Å². The van der Waals surface area contributed by atoms with Crippen molar-refractivity contribution in [2.24, 2.45) is 0 Å². The number of thiophene rings is 1. The van der Waals surface area contributed by atoms with Gasteiger partial charge in [-0.05, 0) is 48.6 Å². The molecule has 10 heteroatoms. The third-order valence-corrected chi connectivity index (χ3v) is 8.77. The molecule has 1 N–H and O–H groups in total. The SMILES string of the molecule is Cc1ccc(S(=O)(=O)N2C[C@@H](O)C[C@H]2C(=O)OCc2csc(-c3ccsc3)n2)cc1C. The Kier molecular flexibility index (Phi) is 6.27. The summed E-state index contributed by atoms with van der Waals surface area (Å²) in [4.78, 5) is 17.3. The zero-order valence-corrected chi connectivity index (χ0v) is 19.5. The Morgan fingerprint density at radius 3 is 2.77 bits per heavy atom. The topological polar surface area (TPSA) is 96.8 Å². The van der Waals surface area contributed by atoms with Crippen LogP contribution in [-0.4, -0.2) is 47.5 Å². The number of hydrogen-bond donors (Lipinski definition) is 1. The molecule has 164 valence electrons. The van der Waals surface area contributed by atoms with Gasteiger partial charge in [0.25, 0.3) is 0 Å². The molecule has 0 bridgehead atoms. The largest absolute Gasteiger partial charge is 0.458 e. The number of aromatic nitrogens is 1. The molecule has 7 nitrogen and oxygen atoms in total. The molecule has 1 aliphatic rings. The highest BCUT2D eigenvalue weighted by Gasteiger charge is 2.44. The van der Waals surface area contributed by atoms with Crippen molar-refractivity contribution >= 4 is 38.7 Å². The van der Waals surface area contributed by atoms with E-state index in [2.05, 4.69) is 4.98 Å².